The maximum atomic E-state index is 12.0. The number of amides is 1. The molecule has 7 nitrogen and oxygen atoms in total. The molecule has 2 aromatic rings. The van der Waals surface area contributed by atoms with Crippen LogP contribution in [0.25, 0.3) is 0 Å². The number of ether oxygens (including phenoxy) is 2. The van der Waals surface area contributed by atoms with E-state index in [0.717, 1.165) is 19.4 Å². The van der Waals surface area contributed by atoms with Crippen molar-refractivity contribution in [3.05, 3.63) is 35.0 Å². The highest BCUT2D eigenvalue weighted by atomic mass is 35.5. The lowest BCUT2D eigenvalue weighted by molar-refractivity contribution is -0.114. The van der Waals surface area contributed by atoms with Crippen LogP contribution in [0.15, 0.2) is 28.8 Å². The first-order valence-corrected chi connectivity index (χ1v) is 8.49. The number of aromatic nitrogens is 1. The zero-order valence-corrected chi connectivity index (χ0v) is 14.6. The highest BCUT2D eigenvalue weighted by Gasteiger charge is 2.17. The van der Waals surface area contributed by atoms with Crippen molar-refractivity contribution >= 4 is 29.1 Å². The van der Waals surface area contributed by atoms with E-state index in [0.29, 0.717) is 34.6 Å². The number of hydrogen-bond donors (Lipinski definition) is 2. The van der Waals surface area contributed by atoms with Crippen molar-refractivity contribution in [2.24, 2.45) is 0 Å². The number of hydrogen-bond acceptors (Lipinski definition) is 6. The van der Waals surface area contributed by atoms with Crippen molar-refractivity contribution in [2.45, 2.75) is 25.9 Å². The summed E-state index contributed by atoms with van der Waals surface area (Å²) in [6.45, 7) is 3.07. The molecular formula is C17H20ClN3O4. The van der Waals surface area contributed by atoms with Gasteiger partial charge in [0.15, 0.2) is 0 Å². The van der Waals surface area contributed by atoms with Gasteiger partial charge in [0, 0.05) is 17.7 Å². The van der Waals surface area contributed by atoms with E-state index in [1.54, 1.807) is 31.2 Å². The lowest BCUT2D eigenvalue weighted by Crippen LogP contribution is -2.22. The Labute approximate surface area is 150 Å². The van der Waals surface area contributed by atoms with Crippen molar-refractivity contribution in [3.63, 3.8) is 0 Å². The number of carbonyl (C=O) groups is 1. The van der Waals surface area contributed by atoms with Gasteiger partial charge in [-0.05, 0) is 38.0 Å². The fourth-order valence-corrected chi connectivity index (χ4v) is 2.68. The molecule has 1 aromatic carbocycles. The zero-order valence-electron chi connectivity index (χ0n) is 13.9. The molecule has 0 bridgehead atoms. The van der Waals surface area contributed by atoms with Crippen LogP contribution in [0.4, 0.5) is 11.6 Å². The van der Waals surface area contributed by atoms with Gasteiger partial charge in [0.25, 0.3) is 0 Å². The minimum Gasteiger partial charge on any atom is -0.489 e. The van der Waals surface area contributed by atoms with E-state index < -0.39 is 0 Å². The molecular weight excluding hydrogens is 346 g/mol. The molecule has 8 heteroatoms. The summed E-state index contributed by atoms with van der Waals surface area (Å²) in [4.78, 5) is 12.0. The number of benzene rings is 1. The van der Waals surface area contributed by atoms with Gasteiger partial charge in [0.05, 0.1) is 24.0 Å². The SMILES string of the molecule is Cc1cc(NC(=O)CNc2cc(Cl)ccc2OC[C@@H]2CCCO2)on1. The van der Waals surface area contributed by atoms with E-state index in [9.17, 15) is 4.79 Å². The van der Waals surface area contributed by atoms with Gasteiger partial charge in [0.1, 0.15) is 12.4 Å². The molecule has 3 rings (SSSR count). The van der Waals surface area contributed by atoms with Gasteiger partial charge < -0.3 is 19.3 Å². The Morgan fingerprint density at radius 3 is 3.04 bits per heavy atom. The molecule has 1 aliphatic rings. The van der Waals surface area contributed by atoms with Gasteiger partial charge >= 0.3 is 0 Å². The van der Waals surface area contributed by atoms with E-state index in [1.807, 2.05) is 0 Å². The van der Waals surface area contributed by atoms with E-state index in [1.165, 1.54) is 0 Å². The average Bonchev–Trinajstić information content (AvgIpc) is 3.24. The molecule has 0 radical (unpaired) electrons. The Bertz CT molecular complexity index is 728. The molecule has 0 aliphatic carbocycles. The first kappa shape index (κ1) is 17.6. The Morgan fingerprint density at radius 2 is 2.32 bits per heavy atom. The van der Waals surface area contributed by atoms with Crippen molar-refractivity contribution in [1.82, 2.24) is 5.16 Å². The second-order valence-electron chi connectivity index (χ2n) is 5.82. The molecule has 1 amide bonds. The summed E-state index contributed by atoms with van der Waals surface area (Å²) < 4.78 is 16.3. The molecule has 1 aliphatic heterocycles. The second-order valence-corrected chi connectivity index (χ2v) is 6.26. The molecule has 1 saturated heterocycles. The van der Waals surface area contributed by atoms with Gasteiger partial charge in [-0.15, -0.1) is 0 Å². The quantitative estimate of drug-likeness (QED) is 0.783. The minimum atomic E-state index is -0.263. The van der Waals surface area contributed by atoms with Crippen molar-refractivity contribution in [1.29, 1.82) is 0 Å². The smallest absolute Gasteiger partial charge is 0.246 e. The lowest BCUT2D eigenvalue weighted by atomic mass is 10.2. The predicted octanol–water partition coefficient (Wildman–Crippen LogP) is 3.24. The summed E-state index contributed by atoms with van der Waals surface area (Å²) in [5.41, 5.74) is 1.34. The van der Waals surface area contributed by atoms with E-state index in [4.69, 9.17) is 25.6 Å². The number of carbonyl (C=O) groups excluding carboxylic acids is 1. The van der Waals surface area contributed by atoms with Crippen LogP contribution >= 0.6 is 11.6 Å². The Hall–Kier alpha value is -2.25. The fourth-order valence-electron chi connectivity index (χ4n) is 2.50. The number of nitrogens with one attached hydrogen (secondary N) is 2. The third kappa shape index (κ3) is 5.11. The van der Waals surface area contributed by atoms with Gasteiger partial charge in [0.2, 0.25) is 11.8 Å². The molecule has 25 heavy (non-hydrogen) atoms. The van der Waals surface area contributed by atoms with Crippen LogP contribution in [-0.4, -0.2) is 36.9 Å². The van der Waals surface area contributed by atoms with E-state index in [2.05, 4.69) is 15.8 Å². The molecule has 1 aromatic heterocycles. The van der Waals surface area contributed by atoms with Gasteiger partial charge in [-0.3, -0.25) is 10.1 Å². The van der Waals surface area contributed by atoms with Crippen LogP contribution in [0, 0.1) is 6.92 Å². The molecule has 1 atom stereocenters. The first-order chi connectivity index (χ1) is 12.1. The topological polar surface area (TPSA) is 85.6 Å². The first-order valence-electron chi connectivity index (χ1n) is 8.11. The monoisotopic (exact) mass is 365 g/mol. The van der Waals surface area contributed by atoms with Gasteiger partial charge in [-0.1, -0.05) is 16.8 Å². The maximum absolute atomic E-state index is 12.0. The summed E-state index contributed by atoms with van der Waals surface area (Å²) in [5.74, 6) is 0.676. The lowest BCUT2D eigenvalue weighted by Gasteiger charge is -2.16. The average molecular weight is 366 g/mol. The van der Waals surface area contributed by atoms with E-state index in [-0.39, 0.29) is 18.6 Å². The van der Waals surface area contributed by atoms with Gasteiger partial charge in [-0.25, -0.2) is 0 Å². The Morgan fingerprint density at radius 1 is 1.44 bits per heavy atom. The predicted molar refractivity (Wildman–Crippen MR) is 94.3 cm³/mol. The molecule has 134 valence electrons. The Balaban J connectivity index is 1.56. The zero-order chi connectivity index (χ0) is 17.6. The molecule has 0 spiro atoms. The van der Waals surface area contributed by atoms with Crippen LogP contribution in [0.5, 0.6) is 5.75 Å². The van der Waals surface area contributed by atoms with Crippen LogP contribution in [-0.2, 0) is 9.53 Å². The summed E-state index contributed by atoms with van der Waals surface area (Å²) in [5, 5.41) is 9.92. The van der Waals surface area contributed by atoms with Crippen molar-refractivity contribution < 1.29 is 18.8 Å². The highest BCUT2D eigenvalue weighted by molar-refractivity contribution is 6.30. The Kier molecular flexibility index (Phi) is 5.78. The van der Waals surface area contributed by atoms with Crippen LogP contribution < -0.4 is 15.4 Å². The summed E-state index contributed by atoms with van der Waals surface area (Å²) >= 11 is 6.05. The van der Waals surface area contributed by atoms with Crippen molar-refractivity contribution in [3.8, 4) is 5.75 Å². The second kappa shape index (κ2) is 8.22. The fraction of sp³-hybridized carbons (Fsp3) is 0.412. The standard InChI is InChI=1S/C17H20ClN3O4/c1-11-7-17(25-21-11)20-16(22)9-19-14-8-12(18)4-5-15(14)24-10-13-3-2-6-23-13/h4-5,7-8,13,19H,2-3,6,9-10H2,1H3,(H,20,22)/t13-/m0/s1. The third-order valence-corrected chi connectivity index (χ3v) is 3.96. The number of anilines is 2. The van der Waals surface area contributed by atoms with Crippen LogP contribution in [0.2, 0.25) is 5.02 Å². The largest absolute Gasteiger partial charge is 0.489 e. The molecule has 0 unspecified atom stereocenters. The highest BCUT2D eigenvalue weighted by Crippen LogP contribution is 2.28. The molecule has 2 N–H and O–H groups in total. The number of nitrogens with zero attached hydrogens (tertiary/aromatic N) is 1. The summed E-state index contributed by atoms with van der Waals surface area (Å²) in [7, 11) is 0. The van der Waals surface area contributed by atoms with Gasteiger partial charge in [-0.2, -0.15) is 0 Å². The summed E-state index contributed by atoms with van der Waals surface area (Å²) in [6.07, 6.45) is 2.16. The summed E-state index contributed by atoms with van der Waals surface area (Å²) in [6, 6.07) is 6.89. The molecule has 0 saturated carbocycles. The number of aryl methyl sites for hydroxylation is 1. The van der Waals surface area contributed by atoms with Crippen LogP contribution in [0.3, 0.4) is 0 Å². The maximum Gasteiger partial charge on any atom is 0.246 e. The van der Waals surface area contributed by atoms with Crippen molar-refractivity contribution in [2.75, 3.05) is 30.4 Å². The number of rotatable bonds is 7. The van der Waals surface area contributed by atoms with Crippen LogP contribution in [0.1, 0.15) is 18.5 Å². The third-order valence-electron chi connectivity index (χ3n) is 3.72. The minimum absolute atomic E-state index is 0.0381. The normalized spacial score (nSPS) is 16.6. The van der Waals surface area contributed by atoms with E-state index >= 15 is 0 Å². The molecule has 1 fully saturated rings. The number of halogens is 1. The molecule has 2 heterocycles.